The number of phenols is 1. The number of phenolic OH excluding ortho intramolecular Hbond substituents is 1. The number of nitrogens with zero attached hydrogens (tertiary/aromatic N) is 3. The number of halogens is 1. The van der Waals surface area contributed by atoms with Gasteiger partial charge in [-0.15, -0.1) is 8.80 Å². The normalized spacial score (nSPS) is 19.6. The maximum atomic E-state index is 13.1. The average molecular weight is 556 g/mol. The maximum absolute atomic E-state index is 13.1. The molecule has 13 heteroatoms. The molecule has 4 rings (SSSR count). The molecule has 0 radical (unpaired) electrons. The predicted molar refractivity (Wildman–Crippen MR) is 141 cm³/mol. The van der Waals surface area contributed by atoms with E-state index in [0.29, 0.717) is 24.8 Å². The summed E-state index contributed by atoms with van der Waals surface area (Å²) in [5, 5.41) is 17.0. The number of anilines is 1. The first kappa shape index (κ1) is 26.6. The van der Waals surface area contributed by atoms with Gasteiger partial charge in [-0.1, -0.05) is 39.3 Å². The lowest BCUT2D eigenvalue weighted by Crippen LogP contribution is -2.38. The van der Waals surface area contributed by atoms with Crippen LogP contribution in [-0.2, 0) is 21.2 Å². The largest absolute Gasteiger partial charge is 0.504 e. The Morgan fingerprint density at radius 1 is 1.14 bits per heavy atom. The van der Waals surface area contributed by atoms with E-state index in [0.717, 1.165) is 18.4 Å². The van der Waals surface area contributed by atoms with Gasteiger partial charge in [0.25, 0.3) is 11.2 Å². The van der Waals surface area contributed by atoms with Crippen molar-refractivity contribution < 1.29 is 22.2 Å². The molecule has 2 aliphatic rings. The van der Waals surface area contributed by atoms with Crippen molar-refractivity contribution in [3.05, 3.63) is 40.8 Å². The monoisotopic (exact) mass is 555 g/mol. The molecule has 36 heavy (non-hydrogen) atoms. The fraction of sp³-hybridized carbons (Fsp3) is 0.478. The average Bonchev–Trinajstić information content (AvgIpc) is 3.55. The highest BCUT2D eigenvalue weighted by Crippen LogP contribution is 2.39. The third-order valence-corrected chi connectivity index (χ3v) is 9.21. The summed E-state index contributed by atoms with van der Waals surface area (Å²) >= 11 is 4.32. The first-order valence-electron chi connectivity index (χ1n) is 11.7. The van der Waals surface area contributed by atoms with E-state index in [1.54, 1.807) is 6.26 Å². The van der Waals surface area contributed by atoms with Crippen molar-refractivity contribution in [1.29, 1.82) is 0 Å². The Kier molecular flexibility index (Phi) is 7.79. The van der Waals surface area contributed by atoms with Gasteiger partial charge in [0.2, 0.25) is 10.0 Å². The van der Waals surface area contributed by atoms with Crippen LogP contribution in [0.5, 0.6) is 5.75 Å². The predicted octanol–water partition coefficient (Wildman–Crippen LogP) is 4.33. The molecule has 1 fully saturated rings. The molecule has 0 aliphatic carbocycles. The second-order valence-electron chi connectivity index (χ2n) is 9.42. The van der Waals surface area contributed by atoms with Crippen LogP contribution in [0, 0.1) is 5.92 Å². The Morgan fingerprint density at radius 2 is 1.81 bits per heavy atom. The zero-order chi connectivity index (χ0) is 26.2. The van der Waals surface area contributed by atoms with E-state index in [1.165, 1.54) is 16.4 Å². The van der Waals surface area contributed by atoms with Gasteiger partial charge >= 0.3 is 0 Å². The Labute approximate surface area is 218 Å². The molecule has 0 saturated carbocycles. The molecule has 3 heterocycles. The van der Waals surface area contributed by atoms with Gasteiger partial charge in [0.15, 0.2) is 17.4 Å². The maximum Gasteiger partial charge on any atom is 0.269 e. The van der Waals surface area contributed by atoms with Gasteiger partial charge in [0.1, 0.15) is 10.7 Å². The van der Waals surface area contributed by atoms with Crippen molar-refractivity contribution >= 4 is 50.2 Å². The van der Waals surface area contributed by atoms with Crippen molar-refractivity contribution in [2.45, 2.75) is 57.4 Å². The molecular weight excluding hydrogens is 526 g/mol. The van der Waals surface area contributed by atoms with Gasteiger partial charge in [0, 0.05) is 13.1 Å². The fourth-order valence-electron chi connectivity index (χ4n) is 4.07. The Balaban J connectivity index is 1.61. The molecule has 2 atom stereocenters. The number of nitrogens with one attached hydrogen (secondary N) is 2. The van der Waals surface area contributed by atoms with Crippen molar-refractivity contribution in [1.82, 2.24) is 9.62 Å². The molecular formula is C23H30ClN5O5S2. The summed E-state index contributed by atoms with van der Waals surface area (Å²) in [6.45, 7) is 8.89. The Bertz CT molecular complexity index is 1330. The third-order valence-electron chi connectivity index (χ3n) is 6.13. The van der Waals surface area contributed by atoms with Crippen LogP contribution in [-0.4, -0.2) is 46.8 Å². The summed E-state index contributed by atoms with van der Waals surface area (Å²) in [5.41, 5.74) is 1.10. The van der Waals surface area contributed by atoms with Gasteiger partial charge in [-0.2, -0.15) is 4.31 Å². The van der Waals surface area contributed by atoms with Gasteiger partial charge in [0.05, 0.1) is 23.0 Å². The van der Waals surface area contributed by atoms with E-state index in [-0.39, 0.29) is 39.2 Å². The molecule has 0 spiro atoms. The molecule has 0 bridgehead atoms. The van der Waals surface area contributed by atoms with Crippen LogP contribution in [0.2, 0.25) is 5.02 Å². The van der Waals surface area contributed by atoms with Gasteiger partial charge < -0.3 is 20.2 Å². The standard InChI is InChI=1S/C23H30ClN5O5S2/c1-13(2)15-11-18(34-12-15)19(14(3)4)26-23-22(27-35(31)28-23)25-17-8-7-16(24)21(20(17)30)36(32,33)29-9-5-6-10-29/h7-8,11-14,19,30H,5-6,9-10H2,1-4H3,(H,25,27)(H,26,28)/t19-,35?/m1/s1. The Hall–Kier alpha value is -2.41. The number of hydrogen-bond acceptors (Lipinski definition) is 7. The molecule has 1 aromatic heterocycles. The number of hydrogen-bond donors (Lipinski definition) is 3. The van der Waals surface area contributed by atoms with Crippen molar-refractivity contribution in [2.24, 2.45) is 14.7 Å². The fourth-order valence-corrected chi connectivity index (χ4v) is 6.80. The summed E-state index contributed by atoms with van der Waals surface area (Å²) < 4.78 is 53.7. The van der Waals surface area contributed by atoms with Gasteiger partial charge in [-0.3, -0.25) is 0 Å². The number of sulfonamides is 1. The SMILES string of the molecule is CC(C)c1coc([C@H](NC2=NS(=O)N=C2Nc2ccc(Cl)c(S(=O)(=O)N3CCCC3)c2O)C(C)C)c1. The minimum Gasteiger partial charge on any atom is -0.504 e. The molecule has 1 aromatic carbocycles. The smallest absolute Gasteiger partial charge is 0.269 e. The quantitative estimate of drug-likeness (QED) is 0.432. The number of furan rings is 1. The van der Waals surface area contributed by atoms with Gasteiger partial charge in [-0.25, -0.2) is 12.6 Å². The van der Waals surface area contributed by atoms with E-state index < -0.39 is 26.9 Å². The lowest BCUT2D eigenvalue weighted by molar-refractivity contribution is 0.378. The first-order valence-corrected chi connectivity index (χ1v) is 14.6. The van der Waals surface area contributed by atoms with E-state index in [2.05, 4.69) is 33.3 Å². The van der Waals surface area contributed by atoms with E-state index in [1.807, 2.05) is 19.9 Å². The van der Waals surface area contributed by atoms with Crippen LogP contribution in [0.15, 0.2) is 42.6 Å². The lowest BCUT2D eigenvalue weighted by Gasteiger charge is -2.22. The van der Waals surface area contributed by atoms with Crippen LogP contribution < -0.4 is 10.6 Å². The topological polar surface area (TPSA) is 137 Å². The highest BCUT2D eigenvalue weighted by molar-refractivity contribution is 7.89. The van der Waals surface area contributed by atoms with E-state index in [9.17, 15) is 17.7 Å². The van der Waals surface area contributed by atoms with Gasteiger partial charge in [-0.05, 0) is 48.4 Å². The van der Waals surface area contributed by atoms with Crippen molar-refractivity contribution in [2.75, 3.05) is 18.4 Å². The summed E-state index contributed by atoms with van der Waals surface area (Å²) in [6.07, 6.45) is 3.21. The highest BCUT2D eigenvalue weighted by Gasteiger charge is 2.34. The second-order valence-corrected chi connectivity index (χ2v) is 12.5. The minimum atomic E-state index is -4.00. The van der Waals surface area contributed by atoms with Crippen LogP contribution in [0.1, 0.15) is 63.8 Å². The van der Waals surface area contributed by atoms with Crippen LogP contribution >= 0.6 is 11.6 Å². The Morgan fingerprint density at radius 3 is 2.42 bits per heavy atom. The molecule has 10 nitrogen and oxygen atoms in total. The number of benzene rings is 1. The van der Waals surface area contributed by atoms with Crippen molar-refractivity contribution in [3.8, 4) is 5.75 Å². The third kappa shape index (κ3) is 5.31. The molecule has 0 amide bonds. The van der Waals surface area contributed by atoms with Crippen LogP contribution in [0.4, 0.5) is 5.69 Å². The molecule has 196 valence electrons. The summed E-state index contributed by atoms with van der Waals surface area (Å²) in [7, 11) is -4.00. The van der Waals surface area contributed by atoms with Crippen LogP contribution in [0.25, 0.3) is 0 Å². The van der Waals surface area contributed by atoms with E-state index >= 15 is 0 Å². The lowest BCUT2D eigenvalue weighted by atomic mass is 9.99. The summed E-state index contributed by atoms with van der Waals surface area (Å²) in [4.78, 5) is -0.376. The first-order chi connectivity index (χ1) is 17.0. The second kappa shape index (κ2) is 10.5. The molecule has 1 saturated heterocycles. The van der Waals surface area contributed by atoms with Crippen LogP contribution in [0.3, 0.4) is 0 Å². The van der Waals surface area contributed by atoms with E-state index in [4.69, 9.17) is 16.0 Å². The number of aromatic hydroxyl groups is 1. The zero-order valence-corrected chi connectivity index (χ0v) is 22.9. The highest BCUT2D eigenvalue weighted by atomic mass is 35.5. The molecule has 3 N–H and O–H groups in total. The minimum absolute atomic E-state index is 0.0468. The van der Waals surface area contributed by atoms with Crippen molar-refractivity contribution in [3.63, 3.8) is 0 Å². The summed E-state index contributed by atoms with van der Waals surface area (Å²) in [6, 6.07) is 4.49. The molecule has 2 aromatic rings. The summed E-state index contributed by atoms with van der Waals surface area (Å²) in [5.74, 6) is 0.827. The molecule has 1 unspecified atom stereocenters. The molecule has 2 aliphatic heterocycles. The number of amidine groups is 2. The zero-order valence-electron chi connectivity index (χ0n) is 20.5. The number of rotatable bonds is 7.